The quantitative estimate of drug-likeness (QED) is 0.622. The third-order valence-electron chi connectivity index (χ3n) is 3.56. The van der Waals surface area contributed by atoms with Crippen molar-refractivity contribution in [3.05, 3.63) is 29.3 Å². The van der Waals surface area contributed by atoms with Crippen molar-refractivity contribution in [1.29, 1.82) is 0 Å². The Hall–Kier alpha value is -0.970. The fourth-order valence-corrected chi connectivity index (χ4v) is 3.44. The summed E-state index contributed by atoms with van der Waals surface area (Å²) in [6.45, 7) is 4.44. The second kappa shape index (κ2) is 6.27. The van der Waals surface area contributed by atoms with Gasteiger partial charge < -0.3 is 0 Å². The van der Waals surface area contributed by atoms with E-state index in [1.54, 1.807) is 11.3 Å². The van der Waals surface area contributed by atoms with Crippen LogP contribution in [0.2, 0.25) is 0 Å². The Morgan fingerprint density at radius 2 is 2.00 bits per heavy atom. The predicted molar refractivity (Wildman–Crippen MR) is 78.5 cm³/mol. The Balaban J connectivity index is 2.15. The summed E-state index contributed by atoms with van der Waals surface area (Å²) in [5, 5.41) is 1.17. The summed E-state index contributed by atoms with van der Waals surface area (Å²) in [5.41, 5.74) is 4.06. The Morgan fingerprint density at radius 3 is 2.61 bits per heavy atom. The van der Waals surface area contributed by atoms with Crippen LogP contribution in [0.25, 0.3) is 10.2 Å². The molecule has 1 unspecified atom stereocenters. The summed E-state index contributed by atoms with van der Waals surface area (Å²) in [6, 6.07) is 8.60. The molecule has 1 atom stereocenters. The van der Waals surface area contributed by atoms with E-state index in [-0.39, 0.29) is 0 Å². The molecule has 4 heteroatoms. The van der Waals surface area contributed by atoms with E-state index in [4.69, 9.17) is 5.84 Å². The molecule has 3 N–H and O–H groups in total. The van der Waals surface area contributed by atoms with E-state index in [0.29, 0.717) is 12.0 Å². The molecular formula is C14H21N3S. The van der Waals surface area contributed by atoms with E-state index in [1.807, 2.05) is 6.07 Å². The smallest absolute Gasteiger partial charge is 0.0954 e. The van der Waals surface area contributed by atoms with Gasteiger partial charge in [-0.15, -0.1) is 11.3 Å². The van der Waals surface area contributed by atoms with Gasteiger partial charge in [-0.3, -0.25) is 11.3 Å². The largest absolute Gasteiger partial charge is 0.271 e. The highest BCUT2D eigenvalue weighted by atomic mass is 32.1. The summed E-state index contributed by atoms with van der Waals surface area (Å²) < 4.78 is 1.26. The minimum atomic E-state index is 0.320. The molecule has 0 radical (unpaired) electrons. The zero-order valence-electron chi connectivity index (χ0n) is 11.0. The molecule has 1 aromatic carbocycles. The Bertz CT molecular complexity index is 457. The van der Waals surface area contributed by atoms with Crippen molar-refractivity contribution >= 4 is 21.6 Å². The number of rotatable bonds is 6. The highest BCUT2D eigenvalue weighted by Gasteiger charge is 2.19. The monoisotopic (exact) mass is 263 g/mol. The van der Waals surface area contributed by atoms with Crippen molar-refractivity contribution < 1.29 is 0 Å². The van der Waals surface area contributed by atoms with Gasteiger partial charge in [-0.25, -0.2) is 4.98 Å². The molecular weight excluding hydrogens is 242 g/mol. The molecule has 0 saturated carbocycles. The maximum atomic E-state index is 5.69. The molecule has 0 aliphatic carbocycles. The molecule has 2 rings (SSSR count). The normalized spacial score (nSPS) is 13.3. The van der Waals surface area contributed by atoms with Crippen LogP contribution in [0.1, 0.15) is 31.7 Å². The van der Waals surface area contributed by atoms with E-state index in [9.17, 15) is 0 Å². The van der Waals surface area contributed by atoms with Gasteiger partial charge in [0.1, 0.15) is 0 Å². The van der Waals surface area contributed by atoms with E-state index >= 15 is 0 Å². The van der Waals surface area contributed by atoms with E-state index in [0.717, 1.165) is 24.8 Å². The number of benzene rings is 1. The Morgan fingerprint density at radius 1 is 1.28 bits per heavy atom. The minimum absolute atomic E-state index is 0.320. The standard InChI is InChI=1S/C14H21N3S/c1-3-10(4-2)12(17-15)9-14-16-11-7-5-6-8-13(11)18-14/h5-8,10,12,17H,3-4,9,15H2,1-2H3. The van der Waals surface area contributed by atoms with Gasteiger partial charge in [0.25, 0.3) is 0 Å². The number of nitrogens with zero attached hydrogens (tertiary/aromatic N) is 1. The molecule has 0 bridgehead atoms. The lowest BCUT2D eigenvalue weighted by molar-refractivity contribution is 0.335. The predicted octanol–water partition coefficient (Wildman–Crippen LogP) is 3.11. The molecule has 0 spiro atoms. The third-order valence-corrected chi connectivity index (χ3v) is 4.62. The van der Waals surface area contributed by atoms with Gasteiger partial charge in [0.15, 0.2) is 0 Å². The summed E-state index contributed by atoms with van der Waals surface area (Å²) in [7, 11) is 0. The average Bonchev–Trinajstić information content (AvgIpc) is 2.81. The molecule has 0 aliphatic heterocycles. The van der Waals surface area contributed by atoms with Crippen LogP contribution < -0.4 is 11.3 Å². The molecule has 2 aromatic rings. The lowest BCUT2D eigenvalue weighted by Crippen LogP contribution is -2.42. The summed E-state index contributed by atoms with van der Waals surface area (Å²) >= 11 is 1.77. The maximum absolute atomic E-state index is 5.69. The molecule has 0 aliphatic rings. The SMILES string of the molecule is CCC(CC)C(Cc1nc2ccccc2s1)NN. The van der Waals surface area contributed by atoms with Crippen molar-refractivity contribution in [1.82, 2.24) is 10.4 Å². The molecule has 3 nitrogen and oxygen atoms in total. The fraction of sp³-hybridized carbons (Fsp3) is 0.500. The number of nitrogens with one attached hydrogen (secondary N) is 1. The number of aromatic nitrogens is 1. The maximum Gasteiger partial charge on any atom is 0.0954 e. The fourth-order valence-electron chi connectivity index (χ4n) is 2.41. The number of fused-ring (bicyclic) bond motifs is 1. The first-order valence-electron chi connectivity index (χ1n) is 6.59. The topological polar surface area (TPSA) is 50.9 Å². The highest BCUT2D eigenvalue weighted by Crippen LogP contribution is 2.24. The lowest BCUT2D eigenvalue weighted by atomic mass is 9.92. The zero-order chi connectivity index (χ0) is 13.0. The van der Waals surface area contributed by atoms with Gasteiger partial charge in [-0.1, -0.05) is 38.8 Å². The van der Waals surface area contributed by atoms with Gasteiger partial charge in [-0.2, -0.15) is 0 Å². The van der Waals surface area contributed by atoms with E-state index < -0.39 is 0 Å². The van der Waals surface area contributed by atoms with Gasteiger partial charge in [0.2, 0.25) is 0 Å². The van der Waals surface area contributed by atoms with Crippen LogP contribution in [0, 0.1) is 5.92 Å². The van der Waals surface area contributed by atoms with E-state index in [1.165, 1.54) is 9.71 Å². The minimum Gasteiger partial charge on any atom is -0.271 e. The van der Waals surface area contributed by atoms with Gasteiger partial charge in [-0.05, 0) is 18.1 Å². The van der Waals surface area contributed by atoms with Gasteiger partial charge in [0, 0.05) is 12.5 Å². The van der Waals surface area contributed by atoms with Crippen LogP contribution in [-0.4, -0.2) is 11.0 Å². The van der Waals surface area contributed by atoms with Gasteiger partial charge in [0.05, 0.1) is 15.2 Å². The molecule has 98 valence electrons. The molecule has 1 aromatic heterocycles. The second-order valence-corrected chi connectivity index (χ2v) is 5.74. The summed E-state index contributed by atoms with van der Waals surface area (Å²) in [5.74, 6) is 6.31. The van der Waals surface area contributed by atoms with Crippen molar-refractivity contribution in [2.45, 2.75) is 39.2 Å². The number of nitrogens with two attached hydrogens (primary N) is 1. The van der Waals surface area contributed by atoms with Crippen LogP contribution in [0.5, 0.6) is 0 Å². The van der Waals surface area contributed by atoms with Crippen LogP contribution in [-0.2, 0) is 6.42 Å². The molecule has 0 fully saturated rings. The van der Waals surface area contributed by atoms with Crippen LogP contribution in [0.15, 0.2) is 24.3 Å². The van der Waals surface area contributed by atoms with Crippen molar-refractivity contribution in [3.63, 3.8) is 0 Å². The first-order chi connectivity index (χ1) is 8.78. The van der Waals surface area contributed by atoms with E-state index in [2.05, 4.69) is 42.5 Å². The highest BCUT2D eigenvalue weighted by molar-refractivity contribution is 7.18. The lowest BCUT2D eigenvalue weighted by Gasteiger charge is -2.23. The van der Waals surface area contributed by atoms with Crippen LogP contribution in [0.4, 0.5) is 0 Å². The van der Waals surface area contributed by atoms with Crippen LogP contribution in [0.3, 0.4) is 0 Å². The van der Waals surface area contributed by atoms with Crippen molar-refractivity contribution in [2.75, 3.05) is 0 Å². The molecule has 0 saturated heterocycles. The first kappa shape index (κ1) is 13.5. The second-order valence-electron chi connectivity index (χ2n) is 4.63. The van der Waals surface area contributed by atoms with Crippen molar-refractivity contribution in [3.8, 4) is 0 Å². The third kappa shape index (κ3) is 2.88. The number of hydrazine groups is 1. The Kier molecular flexibility index (Phi) is 4.69. The molecule has 1 heterocycles. The van der Waals surface area contributed by atoms with Crippen molar-refractivity contribution in [2.24, 2.45) is 11.8 Å². The summed E-state index contributed by atoms with van der Waals surface area (Å²) in [4.78, 5) is 4.67. The van der Waals surface area contributed by atoms with Gasteiger partial charge >= 0.3 is 0 Å². The van der Waals surface area contributed by atoms with Crippen LogP contribution >= 0.6 is 11.3 Å². The average molecular weight is 263 g/mol. The number of para-hydroxylation sites is 1. The summed E-state index contributed by atoms with van der Waals surface area (Å²) in [6.07, 6.45) is 3.22. The molecule has 0 amide bonds. The Labute approximate surface area is 112 Å². The molecule has 18 heavy (non-hydrogen) atoms. The number of hydrogen-bond donors (Lipinski definition) is 2. The zero-order valence-corrected chi connectivity index (χ0v) is 11.8. The first-order valence-corrected chi connectivity index (χ1v) is 7.40. The number of thiazole rings is 1. The number of hydrogen-bond acceptors (Lipinski definition) is 4.